The van der Waals surface area contributed by atoms with Crippen molar-refractivity contribution in [3.8, 4) is 0 Å². The van der Waals surface area contributed by atoms with Gasteiger partial charge >= 0.3 is 6.18 Å². The number of hydrogen-bond acceptors (Lipinski definition) is 1. The van der Waals surface area contributed by atoms with Crippen molar-refractivity contribution in [3.05, 3.63) is 35.1 Å². The maximum atomic E-state index is 13.4. The van der Waals surface area contributed by atoms with Gasteiger partial charge in [0.2, 0.25) is 0 Å². The number of aryl methyl sites for hydroxylation is 1. The molecule has 124 valence electrons. The van der Waals surface area contributed by atoms with Gasteiger partial charge in [0, 0.05) is 6.42 Å². The number of alkyl halides is 3. The second kappa shape index (κ2) is 9.59. The Hall–Kier alpha value is -1.39. The van der Waals surface area contributed by atoms with Gasteiger partial charge in [-0.1, -0.05) is 44.2 Å². The first kappa shape index (κ1) is 18.7. The molecule has 0 bridgehead atoms. The molecule has 0 aliphatic rings. The van der Waals surface area contributed by atoms with Crippen molar-refractivity contribution in [2.45, 2.75) is 64.0 Å². The number of rotatable bonds is 10. The Morgan fingerprint density at radius 1 is 0.909 bits per heavy atom. The second-order valence-electron chi connectivity index (χ2n) is 5.52. The van der Waals surface area contributed by atoms with E-state index in [1.54, 1.807) is 12.1 Å². The SMILES string of the molecule is O=Cc1c(F)cccc1CCCCCCCCCC(F)(F)F. The minimum absolute atomic E-state index is 0.134. The fourth-order valence-corrected chi connectivity index (χ4v) is 2.46. The zero-order valence-electron chi connectivity index (χ0n) is 12.6. The van der Waals surface area contributed by atoms with Crippen LogP contribution in [0.2, 0.25) is 0 Å². The highest BCUT2D eigenvalue weighted by molar-refractivity contribution is 5.77. The van der Waals surface area contributed by atoms with Crippen molar-refractivity contribution in [2.75, 3.05) is 0 Å². The van der Waals surface area contributed by atoms with Crippen molar-refractivity contribution in [2.24, 2.45) is 0 Å². The molecule has 0 amide bonds. The highest BCUT2D eigenvalue weighted by Gasteiger charge is 2.25. The van der Waals surface area contributed by atoms with Crippen LogP contribution in [-0.4, -0.2) is 12.5 Å². The third-order valence-electron chi connectivity index (χ3n) is 3.67. The van der Waals surface area contributed by atoms with Crippen LogP contribution in [0.1, 0.15) is 67.3 Å². The molecule has 0 saturated heterocycles. The summed E-state index contributed by atoms with van der Waals surface area (Å²) in [5.74, 6) is -0.489. The first-order valence-electron chi connectivity index (χ1n) is 7.73. The molecule has 0 aromatic heterocycles. The minimum Gasteiger partial charge on any atom is -0.298 e. The van der Waals surface area contributed by atoms with Crippen LogP contribution in [0.5, 0.6) is 0 Å². The Balaban J connectivity index is 2.09. The molecule has 0 saturated carbocycles. The summed E-state index contributed by atoms with van der Waals surface area (Å²) in [4.78, 5) is 10.8. The molecule has 1 aromatic carbocycles. The van der Waals surface area contributed by atoms with Crippen LogP contribution >= 0.6 is 0 Å². The Labute approximate surface area is 128 Å². The van der Waals surface area contributed by atoms with Crippen LogP contribution in [0.25, 0.3) is 0 Å². The molecule has 0 spiro atoms. The smallest absolute Gasteiger partial charge is 0.298 e. The summed E-state index contributed by atoms with van der Waals surface area (Å²) in [5, 5.41) is 0. The third kappa shape index (κ3) is 7.57. The first-order valence-corrected chi connectivity index (χ1v) is 7.73. The van der Waals surface area contributed by atoms with Gasteiger partial charge in [0.25, 0.3) is 0 Å². The molecule has 0 fully saturated rings. The van der Waals surface area contributed by atoms with Gasteiger partial charge in [-0.25, -0.2) is 4.39 Å². The number of unbranched alkanes of at least 4 members (excludes halogenated alkanes) is 6. The van der Waals surface area contributed by atoms with E-state index in [1.807, 2.05) is 0 Å². The highest BCUT2D eigenvalue weighted by Crippen LogP contribution is 2.23. The normalized spacial score (nSPS) is 11.6. The Morgan fingerprint density at radius 2 is 1.50 bits per heavy atom. The molecular formula is C17H22F4O. The molecule has 0 aliphatic carbocycles. The predicted octanol–water partition coefficient (Wildman–Crippen LogP) is 5.86. The van der Waals surface area contributed by atoms with Crippen LogP contribution in [0.3, 0.4) is 0 Å². The minimum atomic E-state index is -4.04. The highest BCUT2D eigenvalue weighted by atomic mass is 19.4. The van der Waals surface area contributed by atoms with Gasteiger partial charge in [0.15, 0.2) is 6.29 Å². The van der Waals surface area contributed by atoms with Crippen molar-refractivity contribution in [3.63, 3.8) is 0 Å². The topological polar surface area (TPSA) is 17.1 Å². The molecule has 0 unspecified atom stereocenters. The van der Waals surface area contributed by atoms with Crippen LogP contribution in [-0.2, 0) is 6.42 Å². The zero-order valence-corrected chi connectivity index (χ0v) is 12.6. The van der Waals surface area contributed by atoms with Crippen molar-refractivity contribution < 1.29 is 22.4 Å². The predicted molar refractivity (Wildman–Crippen MR) is 78.5 cm³/mol. The summed E-state index contributed by atoms with van der Waals surface area (Å²) < 4.78 is 49.2. The van der Waals surface area contributed by atoms with E-state index in [0.29, 0.717) is 19.1 Å². The maximum Gasteiger partial charge on any atom is 0.389 e. The average molecular weight is 318 g/mol. The molecule has 0 atom stereocenters. The quantitative estimate of drug-likeness (QED) is 0.300. The van der Waals surface area contributed by atoms with E-state index in [9.17, 15) is 22.4 Å². The summed E-state index contributed by atoms with van der Waals surface area (Å²) in [6.07, 6.45) is 1.76. The Morgan fingerprint density at radius 3 is 2.09 bits per heavy atom. The van der Waals surface area contributed by atoms with Gasteiger partial charge in [0.1, 0.15) is 5.82 Å². The standard InChI is InChI=1S/C17H22F4O/c18-16-11-8-10-14(15(16)13-22)9-6-4-2-1-3-5-7-12-17(19,20)21/h8,10-11,13H,1-7,9,12H2. The van der Waals surface area contributed by atoms with E-state index in [4.69, 9.17) is 0 Å². The summed E-state index contributed by atoms with van der Waals surface area (Å²) in [5.41, 5.74) is 0.856. The van der Waals surface area contributed by atoms with E-state index in [1.165, 1.54) is 6.07 Å². The van der Waals surface area contributed by atoms with Crippen molar-refractivity contribution in [1.29, 1.82) is 0 Å². The molecule has 1 aromatic rings. The molecule has 22 heavy (non-hydrogen) atoms. The number of carbonyl (C=O) groups excluding carboxylic acids is 1. The first-order chi connectivity index (χ1) is 10.4. The van der Waals surface area contributed by atoms with Crippen molar-refractivity contribution >= 4 is 6.29 Å². The molecule has 0 N–H and O–H groups in total. The van der Waals surface area contributed by atoms with Crippen LogP contribution in [0, 0.1) is 5.82 Å². The van der Waals surface area contributed by atoms with Gasteiger partial charge in [-0.3, -0.25) is 4.79 Å². The summed E-state index contributed by atoms with van der Waals surface area (Å²) >= 11 is 0. The lowest BCUT2D eigenvalue weighted by atomic mass is 10.0. The Kier molecular flexibility index (Phi) is 8.13. The van der Waals surface area contributed by atoms with Crippen LogP contribution < -0.4 is 0 Å². The van der Waals surface area contributed by atoms with E-state index >= 15 is 0 Å². The molecule has 0 radical (unpaired) electrons. The van der Waals surface area contributed by atoms with Crippen molar-refractivity contribution in [1.82, 2.24) is 0 Å². The lowest BCUT2D eigenvalue weighted by molar-refractivity contribution is -0.135. The third-order valence-corrected chi connectivity index (χ3v) is 3.67. The van der Waals surface area contributed by atoms with Gasteiger partial charge in [-0.05, 0) is 30.9 Å². The summed E-state index contributed by atoms with van der Waals surface area (Å²) in [7, 11) is 0. The fraction of sp³-hybridized carbons (Fsp3) is 0.588. The lowest BCUT2D eigenvalue weighted by Gasteiger charge is -2.07. The zero-order chi connectivity index (χ0) is 16.4. The molecular weight excluding hydrogens is 296 g/mol. The summed E-state index contributed by atoms with van der Waals surface area (Å²) in [6.45, 7) is 0. The molecule has 0 aliphatic heterocycles. The van der Waals surface area contributed by atoms with Gasteiger partial charge in [-0.2, -0.15) is 13.2 Å². The number of carbonyl (C=O) groups is 1. The summed E-state index contributed by atoms with van der Waals surface area (Å²) in [6, 6.07) is 4.62. The lowest BCUT2D eigenvalue weighted by Crippen LogP contribution is -2.06. The van der Waals surface area contributed by atoms with Crippen LogP contribution in [0.15, 0.2) is 18.2 Å². The molecule has 5 heteroatoms. The molecule has 1 nitrogen and oxygen atoms in total. The van der Waals surface area contributed by atoms with E-state index in [2.05, 4.69) is 0 Å². The van der Waals surface area contributed by atoms with Gasteiger partial charge in [0.05, 0.1) is 5.56 Å². The maximum absolute atomic E-state index is 13.4. The monoisotopic (exact) mass is 318 g/mol. The van der Waals surface area contributed by atoms with E-state index in [0.717, 1.165) is 37.7 Å². The number of aldehydes is 1. The van der Waals surface area contributed by atoms with Gasteiger partial charge in [-0.15, -0.1) is 0 Å². The molecule has 0 heterocycles. The largest absolute Gasteiger partial charge is 0.389 e. The molecule has 1 rings (SSSR count). The Bertz CT molecular complexity index is 454. The van der Waals surface area contributed by atoms with Gasteiger partial charge < -0.3 is 0 Å². The average Bonchev–Trinajstić information content (AvgIpc) is 2.44. The number of benzene rings is 1. The number of halogens is 4. The van der Waals surface area contributed by atoms with E-state index in [-0.39, 0.29) is 12.0 Å². The van der Waals surface area contributed by atoms with Crippen LogP contribution in [0.4, 0.5) is 17.6 Å². The van der Waals surface area contributed by atoms with E-state index < -0.39 is 18.4 Å². The number of hydrogen-bond donors (Lipinski definition) is 0. The second-order valence-corrected chi connectivity index (χ2v) is 5.52. The fourth-order valence-electron chi connectivity index (χ4n) is 2.46.